The van der Waals surface area contributed by atoms with Crippen molar-refractivity contribution in [2.24, 2.45) is 0 Å². The molecule has 4 aromatic rings. The summed E-state index contributed by atoms with van der Waals surface area (Å²) >= 11 is 6.50. The second kappa shape index (κ2) is 25.7. The third-order valence-corrected chi connectivity index (χ3v) is 14.0. The summed E-state index contributed by atoms with van der Waals surface area (Å²) in [6.07, 6.45) is 19.3. The van der Waals surface area contributed by atoms with Gasteiger partial charge in [-0.25, -0.2) is 14.1 Å². The Bertz CT molecular complexity index is 2190. The number of phosphoric acid groups is 1. The van der Waals surface area contributed by atoms with Crippen molar-refractivity contribution >= 4 is 30.8 Å². The number of nitriles is 1. The van der Waals surface area contributed by atoms with Crippen LogP contribution < -0.4 is 10.3 Å². The Hall–Kier alpha value is -3.61. The van der Waals surface area contributed by atoms with Gasteiger partial charge in [0.15, 0.2) is 11.6 Å². The summed E-state index contributed by atoms with van der Waals surface area (Å²) < 4.78 is 66.7. The summed E-state index contributed by atoms with van der Waals surface area (Å²) in [5.74, 6) is -0.541. The van der Waals surface area contributed by atoms with Crippen molar-refractivity contribution in [1.82, 2.24) is 14.6 Å². The van der Waals surface area contributed by atoms with E-state index in [9.17, 15) is 9.83 Å². The fourth-order valence-corrected chi connectivity index (χ4v) is 10.2. The first-order valence-electron chi connectivity index (χ1n) is 24.1. The first-order chi connectivity index (χ1) is 31.9. The molecule has 2 saturated heterocycles. The molecule has 0 spiro atoms. The Morgan fingerprint density at radius 3 is 2.17 bits per heavy atom. The number of nitrogen functional groups attached to an aromatic ring is 1. The lowest BCUT2D eigenvalue weighted by Gasteiger charge is -2.31. The predicted molar refractivity (Wildman–Crippen MR) is 255 cm³/mol. The van der Waals surface area contributed by atoms with Crippen LogP contribution in [0.4, 0.5) is 5.82 Å². The molecule has 0 radical (unpaired) electrons. The van der Waals surface area contributed by atoms with Gasteiger partial charge in [0.05, 0.1) is 48.8 Å². The highest BCUT2D eigenvalue weighted by molar-refractivity contribution is 7.48. The zero-order valence-corrected chi connectivity index (χ0v) is 41.0. The maximum Gasteiger partial charge on any atom is 0.530 e. The van der Waals surface area contributed by atoms with E-state index >= 15 is 0 Å². The molecule has 2 N–H and O–H groups in total. The molecule has 0 aliphatic carbocycles. The molecule has 1 unspecified atom stereocenters. The number of aromatic nitrogens is 3. The number of nitrogens with two attached hydrogens (primary N) is 1. The van der Waals surface area contributed by atoms with Crippen LogP contribution in [0, 0.1) is 11.3 Å². The van der Waals surface area contributed by atoms with E-state index < -0.39 is 43.6 Å². The predicted octanol–water partition coefficient (Wildman–Crippen LogP) is 12.1. The molecule has 0 amide bonds. The third kappa shape index (κ3) is 14.7. The van der Waals surface area contributed by atoms with E-state index in [1.807, 2.05) is 45.0 Å². The van der Waals surface area contributed by atoms with Gasteiger partial charge in [-0.1, -0.05) is 145 Å². The lowest BCUT2D eigenvalue weighted by Crippen LogP contribution is -2.39. The normalized spacial score (nSPS) is 21.4. The van der Waals surface area contributed by atoms with Gasteiger partial charge in [-0.2, -0.15) is 10.4 Å². The number of unbranched alkanes of at least 4 members (excludes halogenated alkanes) is 15. The van der Waals surface area contributed by atoms with Crippen LogP contribution in [0.3, 0.4) is 0 Å². The SMILES string of the molecule is CCCCCCCCCCCCCCCCCCOC[C@H](COP(=O)(OC[C@H]1O[C@@](C)(c2ccc3c(N)ncnn23)[C@@H]2OC(C)(C)O[C@@H]21)Oc1ccccc1Cl)OCc1ccccc1C#N. The van der Waals surface area contributed by atoms with Gasteiger partial charge in [0, 0.05) is 6.61 Å². The van der Waals surface area contributed by atoms with Gasteiger partial charge < -0.3 is 33.9 Å². The smallest absolute Gasteiger partial charge is 0.402 e. The van der Waals surface area contributed by atoms with Crippen molar-refractivity contribution in [3.05, 3.63) is 88.8 Å². The Kier molecular flexibility index (Phi) is 20.1. The summed E-state index contributed by atoms with van der Waals surface area (Å²) in [6.45, 7) is 8.09. The van der Waals surface area contributed by atoms with E-state index in [4.69, 9.17) is 54.6 Å². The number of ether oxygens (including phenoxy) is 5. The molecule has 66 heavy (non-hydrogen) atoms. The van der Waals surface area contributed by atoms with Gasteiger partial charge in [0.1, 0.15) is 47.6 Å². The van der Waals surface area contributed by atoms with Crippen LogP contribution in [0.25, 0.3) is 5.52 Å². The summed E-state index contributed by atoms with van der Waals surface area (Å²) in [6, 6.07) is 19.8. The number of halogens is 1. The fraction of sp³-hybridized carbons (Fsp3) is 0.620. The van der Waals surface area contributed by atoms with Crippen molar-refractivity contribution < 1.29 is 41.8 Å². The van der Waals surface area contributed by atoms with Crippen LogP contribution in [0.2, 0.25) is 5.02 Å². The number of phosphoric ester groups is 1. The lowest BCUT2D eigenvalue weighted by atomic mass is 9.93. The van der Waals surface area contributed by atoms with Gasteiger partial charge in [-0.15, -0.1) is 0 Å². The van der Waals surface area contributed by atoms with Gasteiger partial charge in [0.25, 0.3) is 0 Å². The number of hydrogen-bond donors (Lipinski definition) is 1. The van der Waals surface area contributed by atoms with Gasteiger partial charge in [-0.05, 0) is 63.1 Å². The number of para-hydroxylation sites is 1. The number of benzene rings is 2. The monoisotopic (exact) mass is 951 g/mol. The Morgan fingerprint density at radius 1 is 0.833 bits per heavy atom. The molecule has 2 fully saturated rings. The van der Waals surface area contributed by atoms with Crippen LogP contribution in [0.15, 0.2) is 67.0 Å². The highest BCUT2D eigenvalue weighted by Crippen LogP contribution is 2.54. The number of hydrogen-bond acceptors (Lipinski definition) is 13. The number of anilines is 1. The van der Waals surface area contributed by atoms with E-state index in [1.165, 1.54) is 96.2 Å². The molecule has 362 valence electrons. The van der Waals surface area contributed by atoms with E-state index in [1.54, 1.807) is 40.9 Å². The lowest BCUT2D eigenvalue weighted by molar-refractivity contribution is -0.212. The summed E-state index contributed by atoms with van der Waals surface area (Å²) in [5.41, 5.74) is 7.55. The van der Waals surface area contributed by atoms with Crippen molar-refractivity contribution in [2.45, 2.75) is 173 Å². The molecule has 2 aromatic heterocycles. The van der Waals surface area contributed by atoms with Crippen molar-refractivity contribution in [3.8, 4) is 11.8 Å². The molecule has 4 heterocycles. The molecule has 14 nitrogen and oxygen atoms in total. The molecule has 6 atom stereocenters. The van der Waals surface area contributed by atoms with E-state index in [0.29, 0.717) is 34.8 Å². The average molecular weight is 953 g/mol. The molecular weight excluding hydrogens is 881 g/mol. The zero-order valence-electron chi connectivity index (χ0n) is 39.4. The van der Waals surface area contributed by atoms with Crippen LogP contribution in [-0.4, -0.2) is 71.2 Å². The summed E-state index contributed by atoms with van der Waals surface area (Å²) in [5, 5.41) is 14.4. The standard InChI is InChI=1S/C50H71ClN5O9P/c1-5-6-7-8-9-10-11-12-13-14-15-16-17-18-19-24-31-58-34-40(59-33-39-26-21-20-25-38(39)32-52)35-60-66(57,65-43-28-23-22-27-41(43)51)61-36-44-46-47(64-49(2,3)63-46)50(4,62-44)45-30-29-42-48(53)54-37-55-56(42)45/h20-23,25-30,37,40,44,46-47H,5-19,24,31,33-36H2,1-4H3,(H2,53,54,55)/t40-,44-,46-,47-,50+,66?/m1/s1. The molecule has 2 aliphatic heterocycles. The van der Waals surface area contributed by atoms with Crippen LogP contribution in [0.1, 0.15) is 147 Å². The van der Waals surface area contributed by atoms with E-state index in [-0.39, 0.29) is 37.2 Å². The molecule has 2 aliphatic rings. The Labute approximate surface area is 396 Å². The maximum atomic E-state index is 14.8. The molecule has 16 heteroatoms. The molecule has 0 bridgehead atoms. The maximum absolute atomic E-state index is 14.8. The van der Waals surface area contributed by atoms with Gasteiger partial charge in [0.2, 0.25) is 0 Å². The van der Waals surface area contributed by atoms with E-state index in [0.717, 1.165) is 12.8 Å². The third-order valence-electron chi connectivity index (χ3n) is 12.3. The number of nitrogens with zero attached hydrogens (tertiary/aromatic N) is 4. The summed E-state index contributed by atoms with van der Waals surface area (Å²) in [4.78, 5) is 4.12. The Balaban J connectivity index is 1.04. The zero-order chi connectivity index (χ0) is 46.8. The first kappa shape index (κ1) is 51.8. The van der Waals surface area contributed by atoms with E-state index in [2.05, 4.69) is 23.1 Å². The highest BCUT2D eigenvalue weighted by atomic mass is 35.5. The number of fused-ring (bicyclic) bond motifs is 2. The molecule has 0 saturated carbocycles. The Morgan fingerprint density at radius 2 is 1.48 bits per heavy atom. The van der Waals surface area contributed by atoms with Gasteiger partial charge in [-0.3, -0.25) is 9.05 Å². The number of rotatable bonds is 31. The van der Waals surface area contributed by atoms with Crippen LogP contribution in [-0.2, 0) is 49.5 Å². The molecule has 2 aromatic carbocycles. The quantitative estimate of drug-likeness (QED) is 0.0374. The second-order valence-corrected chi connectivity index (χ2v) is 20.1. The second-order valence-electron chi connectivity index (χ2n) is 18.1. The fourth-order valence-electron chi connectivity index (χ4n) is 8.74. The first-order valence-corrected chi connectivity index (χ1v) is 25.9. The highest BCUT2D eigenvalue weighted by Gasteiger charge is 2.62. The largest absolute Gasteiger partial charge is 0.530 e. The van der Waals surface area contributed by atoms with Crippen molar-refractivity contribution in [2.75, 3.05) is 32.2 Å². The topological polar surface area (TPSA) is 171 Å². The minimum Gasteiger partial charge on any atom is -0.402 e. The average Bonchev–Trinajstić information content (AvgIpc) is 3.97. The van der Waals surface area contributed by atoms with Crippen molar-refractivity contribution in [1.29, 1.82) is 5.26 Å². The minimum absolute atomic E-state index is 0.104. The van der Waals surface area contributed by atoms with Crippen molar-refractivity contribution in [3.63, 3.8) is 0 Å². The van der Waals surface area contributed by atoms with Crippen LogP contribution in [0.5, 0.6) is 5.75 Å². The summed E-state index contributed by atoms with van der Waals surface area (Å²) in [7, 11) is -4.47. The van der Waals surface area contributed by atoms with Crippen LogP contribution >= 0.6 is 19.4 Å². The minimum atomic E-state index is -4.47. The molecular formula is C50H71ClN5O9P. The van der Waals surface area contributed by atoms with Gasteiger partial charge >= 0.3 is 7.82 Å². The molecule has 6 rings (SSSR count).